The molecular formula is C14H18O2. The fourth-order valence-corrected chi connectivity index (χ4v) is 2.50. The summed E-state index contributed by atoms with van der Waals surface area (Å²) in [5, 5.41) is 0. The molecule has 2 nitrogen and oxygen atoms in total. The predicted octanol–water partition coefficient (Wildman–Crippen LogP) is 3.19. The first-order valence-corrected chi connectivity index (χ1v) is 5.96. The van der Waals surface area contributed by atoms with Crippen molar-refractivity contribution < 1.29 is 9.53 Å². The normalized spacial score (nSPS) is 16.4. The van der Waals surface area contributed by atoms with Crippen LogP contribution in [0.3, 0.4) is 0 Å². The zero-order valence-electron chi connectivity index (χ0n) is 9.95. The summed E-state index contributed by atoms with van der Waals surface area (Å²) in [5.74, 6) is -0.207. The Balaban J connectivity index is 2.29. The largest absolute Gasteiger partial charge is 0.458 e. The van der Waals surface area contributed by atoms with Gasteiger partial charge in [0.05, 0.1) is 0 Å². The number of aryl methyl sites for hydroxylation is 1. The van der Waals surface area contributed by atoms with E-state index in [1.807, 2.05) is 6.92 Å². The number of rotatable bonds is 2. The summed E-state index contributed by atoms with van der Waals surface area (Å²) >= 11 is 0. The number of hydrogen-bond donors (Lipinski definition) is 0. The van der Waals surface area contributed by atoms with E-state index >= 15 is 0 Å². The molecule has 0 fully saturated rings. The lowest BCUT2D eigenvalue weighted by Gasteiger charge is -2.22. The van der Waals surface area contributed by atoms with Gasteiger partial charge in [0, 0.05) is 6.92 Å². The molecule has 1 aromatic carbocycles. The Kier molecular flexibility index (Phi) is 3.28. The van der Waals surface area contributed by atoms with E-state index in [9.17, 15) is 4.79 Å². The zero-order chi connectivity index (χ0) is 11.5. The van der Waals surface area contributed by atoms with Crippen molar-refractivity contribution in [3.8, 4) is 0 Å². The lowest BCUT2D eigenvalue weighted by molar-refractivity contribution is -0.145. The summed E-state index contributed by atoms with van der Waals surface area (Å²) in [6.45, 7) is 3.41. The third-order valence-electron chi connectivity index (χ3n) is 3.21. The molecule has 0 amide bonds. The van der Waals surface area contributed by atoms with Crippen molar-refractivity contribution in [3.63, 3.8) is 0 Å². The van der Waals surface area contributed by atoms with E-state index in [1.165, 1.54) is 36.5 Å². The van der Waals surface area contributed by atoms with Gasteiger partial charge in [-0.05, 0) is 49.3 Å². The summed E-state index contributed by atoms with van der Waals surface area (Å²) in [6, 6.07) is 6.34. The van der Waals surface area contributed by atoms with Gasteiger partial charge in [0.15, 0.2) is 0 Å². The van der Waals surface area contributed by atoms with E-state index in [1.54, 1.807) is 0 Å². The fourth-order valence-electron chi connectivity index (χ4n) is 2.50. The van der Waals surface area contributed by atoms with Crippen molar-refractivity contribution in [2.45, 2.75) is 45.6 Å². The topological polar surface area (TPSA) is 26.3 Å². The molecule has 1 unspecified atom stereocenters. The number of carbonyl (C=O) groups excluding carboxylic acids is 1. The minimum absolute atomic E-state index is 0.120. The van der Waals surface area contributed by atoms with Crippen molar-refractivity contribution in [2.24, 2.45) is 0 Å². The maximum Gasteiger partial charge on any atom is 0.303 e. The van der Waals surface area contributed by atoms with E-state index in [0.717, 1.165) is 12.8 Å². The maximum atomic E-state index is 11.0. The van der Waals surface area contributed by atoms with E-state index in [2.05, 4.69) is 18.2 Å². The third-order valence-corrected chi connectivity index (χ3v) is 3.21. The fraction of sp³-hybridized carbons (Fsp3) is 0.500. The average Bonchev–Trinajstić information content (AvgIpc) is 2.27. The molecule has 0 N–H and O–H groups in total. The number of fused-ring (bicyclic) bond motifs is 1. The van der Waals surface area contributed by atoms with Gasteiger partial charge in [-0.25, -0.2) is 0 Å². The molecular weight excluding hydrogens is 200 g/mol. The Labute approximate surface area is 96.6 Å². The first-order chi connectivity index (χ1) is 7.68. The Bertz CT molecular complexity index is 396. The van der Waals surface area contributed by atoms with E-state index in [-0.39, 0.29) is 12.1 Å². The van der Waals surface area contributed by atoms with Crippen LogP contribution in [0, 0.1) is 0 Å². The van der Waals surface area contributed by atoms with Gasteiger partial charge < -0.3 is 4.74 Å². The molecule has 16 heavy (non-hydrogen) atoms. The van der Waals surface area contributed by atoms with Gasteiger partial charge in [0.1, 0.15) is 6.10 Å². The molecule has 86 valence electrons. The molecule has 0 aliphatic heterocycles. The summed E-state index contributed by atoms with van der Waals surface area (Å²) < 4.78 is 5.26. The number of hydrogen-bond acceptors (Lipinski definition) is 2. The summed E-state index contributed by atoms with van der Waals surface area (Å²) in [6.07, 6.45) is 4.69. The van der Waals surface area contributed by atoms with E-state index in [0.29, 0.717) is 0 Å². The average molecular weight is 218 g/mol. The van der Waals surface area contributed by atoms with Gasteiger partial charge >= 0.3 is 5.97 Å². The van der Waals surface area contributed by atoms with E-state index < -0.39 is 0 Å². The zero-order valence-corrected chi connectivity index (χ0v) is 9.95. The van der Waals surface area contributed by atoms with Crippen LogP contribution in [0.15, 0.2) is 18.2 Å². The first kappa shape index (κ1) is 11.2. The predicted molar refractivity (Wildman–Crippen MR) is 63.3 cm³/mol. The molecule has 1 aromatic rings. The van der Waals surface area contributed by atoms with Crippen LogP contribution >= 0.6 is 0 Å². The summed E-state index contributed by atoms with van der Waals surface area (Å²) in [5.41, 5.74) is 4.03. The molecule has 0 saturated carbocycles. The van der Waals surface area contributed by atoms with Crippen molar-refractivity contribution in [1.29, 1.82) is 0 Å². The van der Waals surface area contributed by atoms with Crippen LogP contribution < -0.4 is 0 Å². The number of carbonyl (C=O) groups is 1. The highest BCUT2D eigenvalue weighted by molar-refractivity contribution is 5.66. The Morgan fingerprint density at radius 1 is 1.31 bits per heavy atom. The molecule has 1 aliphatic rings. The molecule has 1 atom stereocenters. The second-order valence-electron chi connectivity index (χ2n) is 4.44. The minimum Gasteiger partial charge on any atom is -0.458 e. The molecule has 0 aromatic heterocycles. The van der Waals surface area contributed by atoms with Gasteiger partial charge in [0.2, 0.25) is 0 Å². The highest BCUT2D eigenvalue weighted by Gasteiger charge is 2.17. The van der Waals surface area contributed by atoms with Crippen molar-refractivity contribution in [3.05, 3.63) is 34.9 Å². The molecule has 0 radical (unpaired) electrons. The van der Waals surface area contributed by atoms with Gasteiger partial charge in [-0.15, -0.1) is 0 Å². The second kappa shape index (κ2) is 4.69. The van der Waals surface area contributed by atoms with Gasteiger partial charge in [-0.3, -0.25) is 4.79 Å². The quantitative estimate of drug-likeness (QED) is 0.712. The maximum absolute atomic E-state index is 11.0. The standard InChI is InChI=1S/C14H18O2/c1-10(16-11(2)15)13-9-5-7-12-6-3-4-8-14(12)13/h5,7,9-10H,3-4,6,8H2,1-2H3. The monoisotopic (exact) mass is 218 g/mol. The van der Waals surface area contributed by atoms with Crippen molar-refractivity contribution in [1.82, 2.24) is 0 Å². The highest BCUT2D eigenvalue weighted by Crippen LogP contribution is 2.29. The molecule has 0 spiro atoms. The van der Waals surface area contributed by atoms with E-state index in [4.69, 9.17) is 4.74 Å². The van der Waals surface area contributed by atoms with Gasteiger partial charge in [0.25, 0.3) is 0 Å². The van der Waals surface area contributed by atoms with Crippen LogP contribution in [-0.2, 0) is 22.4 Å². The molecule has 0 heterocycles. The van der Waals surface area contributed by atoms with Crippen LogP contribution in [-0.4, -0.2) is 5.97 Å². The van der Waals surface area contributed by atoms with Crippen LogP contribution in [0.5, 0.6) is 0 Å². The first-order valence-electron chi connectivity index (χ1n) is 5.96. The molecule has 0 bridgehead atoms. The van der Waals surface area contributed by atoms with Crippen molar-refractivity contribution in [2.75, 3.05) is 0 Å². The molecule has 1 aliphatic carbocycles. The Morgan fingerprint density at radius 3 is 2.81 bits per heavy atom. The van der Waals surface area contributed by atoms with Crippen LogP contribution in [0.1, 0.15) is 49.5 Å². The number of ether oxygens (including phenoxy) is 1. The van der Waals surface area contributed by atoms with Crippen molar-refractivity contribution >= 4 is 5.97 Å². The smallest absolute Gasteiger partial charge is 0.303 e. The minimum atomic E-state index is -0.207. The summed E-state index contributed by atoms with van der Waals surface area (Å²) in [4.78, 5) is 11.0. The lowest BCUT2D eigenvalue weighted by Crippen LogP contribution is -2.11. The van der Waals surface area contributed by atoms with Crippen LogP contribution in [0.25, 0.3) is 0 Å². The SMILES string of the molecule is CC(=O)OC(C)c1cccc2c1CCCC2. The summed E-state index contributed by atoms with van der Waals surface area (Å²) in [7, 11) is 0. The molecule has 0 saturated heterocycles. The number of esters is 1. The molecule has 2 rings (SSSR count). The lowest BCUT2D eigenvalue weighted by atomic mass is 9.87. The van der Waals surface area contributed by atoms with Crippen LogP contribution in [0.2, 0.25) is 0 Å². The van der Waals surface area contributed by atoms with Crippen LogP contribution in [0.4, 0.5) is 0 Å². The van der Waals surface area contributed by atoms with Gasteiger partial charge in [-0.1, -0.05) is 18.2 Å². The Morgan fingerprint density at radius 2 is 2.06 bits per heavy atom. The third kappa shape index (κ3) is 2.26. The Hall–Kier alpha value is -1.31. The molecule has 2 heteroatoms. The second-order valence-corrected chi connectivity index (χ2v) is 4.44. The number of benzene rings is 1. The van der Waals surface area contributed by atoms with Gasteiger partial charge in [-0.2, -0.15) is 0 Å². The highest BCUT2D eigenvalue weighted by atomic mass is 16.5.